The lowest BCUT2D eigenvalue weighted by Gasteiger charge is -2.36. The third kappa shape index (κ3) is 3.23. The number of hydrogen-bond donors (Lipinski definition) is 2. The van der Waals surface area contributed by atoms with Crippen LogP contribution < -0.4 is 10.6 Å². The predicted molar refractivity (Wildman–Crippen MR) is 71.3 cm³/mol. The molecule has 18 heavy (non-hydrogen) atoms. The van der Waals surface area contributed by atoms with Crippen LogP contribution in [0.15, 0.2) is 0 Å². The van der Waals surface area contributed by atoms with Gasteiger partial charge in [-0.1, -0.05) is 13.8 Å². The molecule has 0 aliphatic carbocycles. The summed E-state index contributed by atoms with van der Waals surface area (Å²) in [5.74, 6) is 1.16. The van der Waals surface area contributed by atoms with Crippen molar-refractivity contribution in [3.8, 4) is 0 Å². The molecule has 2 rings (SSSR count). The van der Waals surface area contributed by atoms with Gasteiger partial charge in [-0.05, 0) is 38.3 Å². The van der Waals surface area contributed by atoms with E-state index >= 15 is 0 Å². The Labute approximate surface area is 110 Å². The Bertz CT molecular complexity index is 280. The van der Waals surface area contributed by atoms with E-state index in [0.717, 1.165) is 45.7 Å². The Kier molecular flexibility index (Phi) is 4.62. The lowest BCUT2D eigenvalue weighted by Crippen LogP contribution is -2.48. The highest BCUT2D eigenvalue weighted by Gasteiger charge is 2.37. The molecule has 2 N–H and O–H groups in total. The molecule has 1 amide bonds. The molecule has 2 atom stereocenters. The average Bonchev–Trinajstić information content (AvgIpc) is 2.90. The molecule has 0 aromatic rings. The highest BCUT2D eigenvalue weighted by molar-refractivity contribution is 5.82. The van der Waals surface area contributed by atoms with Crippen molar-refractivity contribution >= 4 is 5.91 Å². The van der Waals surface area contributed by atoms with Crippen molar-refractivity contribution in [2.24, 2.45) is 17.3 Å². The molecule has 2 aliphatic rings. The van der Waals surface area contributed by atoms with Crippen LogP contribution >= 0.6 is 0 Å². The van der Waals surface area contributed by atoms with E-state index in [1.165, 1.54) is 6.42 Å². The molecule has 2 heterocycles. The molecule has 4 nitrogen and oxygen atoms in total. The summed E-state index contributed by atoms with van der Waals surface area (Å²) in [5, 5.41) is 6.51. The standard InChI is InChI=1S/C14H26N2O2/c1-14(2,12-4-3-6-15-9-12)13(17)16-8-11-5-7-18-10-11/h11-12,15H,3-10H2,1-2H3,(H,16,17). The Morgan fingerprint density at radius 3 is 2.89 bits per heavy atom. The highest BCUT2D eigenvalue weighted by Crippen LogP contribution is 2.32. The van der Waals surface area contributed by atoms with Crippen LogP contribution in [0.1, 0.15) is 33.1 Å². The number of carbonyl (C=O) groups is 1. The van der Waals surface area contributed by atoms with Crippen LogP contribution in [-0.4, -0.2) is 38.8 Å². The van der Waals surface area contributed by atoms with Crippen LogP contribution in [0.25, 0.3) is 0 Å². The number of amides is 1. The summed E-state index contributed by atoms with van der Waals surface area (Å²) in [7, 11) is 0. The Morgan fingerprint density at radius 2 is 2.28 bits per heavy atom. The van der Waals surface area contributed by atoms with Gasteiger partial charge in [-0.25, -0.2) is 0 Å². The maximum Gasteiger partial charge on any atom is 0.225 e. The fraction of sp³-hybridized carbons (Fsp3) is 0.929. The van der Waals surface area contributed by atoms with Crippen molar-refractivity contribution in [1.29, 1.82) is 0 Å². The van der Waals surface area contributed by atoms with Gasteiger partial charge in [0, 0.05) is 24.5 Å². The van der Waals surface area contributed by atoms with Gasteiger partial charge in [0.1, 0.15) is 0 Å². The van der Waals surface area contributed by atoms with Crippen LogP contribution in [0.4, 0.5) is 0 Å². The van der Waals surface area contributed by atoms with Crippen molar-refractivity contribution in [1.82, 2.24) is 10.6 Å². The van der Waals surface area contributed by atoms with Crippen molar-refractivity contribution in [2.45, 2.75) is 33.1 Å². The third-order valence-corrected chi connectivity index (χ3v) is 4.48. The second-order valence-corrected chi connectivity index (χ2v) is 6.20. The molecular formula is C14H26N2O2. The molecule has 2 unspecified atom stereocenters. The van der Waals surface area contributed by atoms with Gasteiger partial charge in [0.2, 0.25) is 5.91 Å². The van der Waals surface area contributed by atoms with Crippen LogP contribution in [0, 0.1) is 17.3 Å². The first-order valence-electron chi connectivity index (χ1n) is 7.17. The van der Waals surface area contributed by atoms with Crippen molar-refractivity contribution in [3.63, 3.8) is 0 Å². The summed E-state index contributed by atoms with van der Waals surface area (Å²) in [6.45, 7) is 8.61. The molecule has 0 saturated carbocycles. The van der Waals surface area contributed by atoms with Crippen LogP contribution in [0.3, 0.4) is 0 Å². The minimum atomic E-state index is -0.271. The predicted octanol–water partition coefficient (Wildman–Crippen LogP) is 1.16. The number of piperidine rings is 1. The zero-order valence-electron chi connectivity index (χ0n) is 11.6. The molecule has 4 heteroatoms. The van der Waals surface area contributed by atoms with Gasteiger partial charge >= 0.3 is 0 Å². The van der Waals surface area contributed by atoms with Crippen LogP contribution in [0.2, 0.25) is 0 Å². The first kappa shape index (κ1) is 13.8. The van der Waals surface area contributed by atoms with Crippen molar-refractivity contribution in [3.05, 3.63) is 0 Å². The van der Waals surface area contributed by atoms with E-state index in [1.54, 1.807) is 0 Å². The molecular weight excluding hydrogens is 228 g/mol. The largest absolute Gasteiger partial charge is 0.381 e. The maximum atomic E-state index is 12.3. The van der Waals surface area contributed by atoms with E-state index in [2.05, 4.69) is 24.5 Å². The molecule has 0 radical (unpaired) electrons. The number of carbonyl (C=O) groups excluding carboxylic acids is 1. The minimum absolute atomic E-state index is 0.197. The lowest BCUT2D eigenvalue weighted by molar-refractivity contribution is -0.132. The maximum absolute atomic E-state index is 12.3. The van der Waals surface area contributed by atoms with Gasteiger partial charge in [-0.2, -0.15) is 0 Å². The first-order chi connectivity index (χ1) is 8.60. The summed E-state index contributed by atoms with van der Waals surface area (Å²) in [4.78, 5) is 12.3. The molecule has 2 saturated heterocycles. The van der Waals surface area contributed by atoms with Crippen LogP contribution in [0.5, 0.6) is 0 Å². The van der Waals surface area contributed by atoms with Gasteiger partial charge in [-0.15, -0.1) is 0 Å². The third-order valence-electron chi connectivity index (χ3n) is 4.48. The lowest BCUT2D eigenvalue weighted by atomic mass is 9.74. The quantitative estimate of drug-likeness (QED) is 0.791. The van der Waals surface area contributed by atoms with E-state index in [4.69, 9.17) is 4.74 Å². The summed E-state index contributed by atoms with van der Waals surface area (Å²) in [5.41, 5.74) is -0.271. The van der Waals surface area contributed by atoms with E-state index in [1.807, 2.05) is 0 Å². The first-order valence-corrected chi connectivity index (χ1v) is 7.17. The van der Waals surface area contributed by atoms with Crippen LogP contribution in [-0.2, 0) is 9.53 Å². The van der Waals surface area contributed by atoms with Gasteiger partial charge < -0.3 is 15.4 Å². The van der Waals surface area contributed by atoms with E-state index in [0.29, 0.717) is 11.8 Å². The summed E-state index contributed by atoms with van der Waals surface area (Å²) < 4.78 is 5.33. The molecule has 0 aromatic heterocycles. The monoisotopic (exact) mass is 254 g/mol. The smallest absolute Gasteiger partial charge is 0.225 e. The summed E-state index contributed by atoms with van der Waals surface area (Å²) >= 11 is 0. The summed E-state index contributed by atoms with van der Waals surface area (Å²) in [6, 6.07) is 0. The average molecular weight is 254 g/mol. The van der Waals surface area contributed by atoms with Gasteiger partial charge in [-0.3, -0.25) is 4.79 Å². The van der Waals surface area contributed by atoms with Crippen molar-refractivity contribution in [2.75, 3.05) is 32.8 Å². The van der Waals surface area contributed by atoms with Gasteiger partial charge in [0.15, 0.2) is 0 Å². The normalized spacial score (nSPS) is 29.2. The van der Waals surface area contributed by atoms with Gasteiger partial charge in [0.05, 0.1) is 6.61 Å². The van der Waals surface area contributed by atoms with E-state index < -0.39 is 0 Å². The zero-order valence-corrected chi connectivity index (χ0v) is 11.6. The molecule has 2 aliphatic heterocycles. The van der Waals surface area contributed by atoms with Gasteiger partial charge in [0.25, 0.3) is 0 Å². The highest BCUT2D eigenvalue weighted by atomic mass is 16.5. The molecule has 2 fully saturated rings. The van der Waals surface area contributed by atoms with E-state index in [-0.39, 0.29) is 11.3 Å². The Hall–Kier alpha value is -0.610. The molecule has 0 spiro atoms. The molecule has 0 bridgehead atoms. The number of nitrogens with one attached hydrogen (secondary N) is 2. The second kappa shape index (κ2) is 6.02. The second-order valence-electron chi connectivity index (χ2n) is 6.20. The Morgan fingerprint density at radius 1 is 1.44 bits per heavy atom. The molecule has 104 valence electrons. The zero-order chi connectivity index (χ0) is 13.0. The fourth-order valence-electron chi connectivity index (χ4n) is 2.86. The topological polar surface area (TPSA) is 50.4 Å². The number of hydrogen-bond acceptors (Lipinski definition) is 3. The van der Waals surface area contributed by atoms with Crippen molar-refractivity contribution < 1.29 is 9.53 Å². The number of rotatable bonds is 4. The van der Waals surface area contributed by atoms with E-state index in [9.17, 15) is 4.79 Å². The number of ether oxygens (including phenoxy) is 1. The molecule has 0 aromatic carbocycles. The minimum Gasteiger partial charge on any atom is -0.381 e. The Balaban J connectivity index is 1.81. The summed E-state index contributed by atoms with van der Waals surface area (Å²) in [6.07, 6.45) is 3.41. The SMILES string of the molecule is CC(C)(C(=O)NCC1CCOC1)C1CCCNC1. The fourth-order valence-corrected chi connectivity index (χ4v) is 2.86.